The van der Waals surface area contributed by atoms with E-state index in [1.807, 2.05) is 14.1 Å². The van der Waals surface area contributed by atoms with Gasteiger partial charge in [0.05, 0.1) is 18.5 Å². The molecule has 0 aliphatic heterocycles. The molecular formula is C12H15N3O2S. The Balaban J connectivity index is 3.18. The summed E-state index contributed by atoms with van der Waals surface area (Å²) >= 11 is 1.18. The molecule has 1 rings (SSSR count). The van der Waals surface area contributed by atoms with Gasteiger partial charge in [0, 0.05) is 14.1 Å². The molecule has 0 aliphatic rings. The number of nitrogens with zero attached hydrogens (tertiary/aromatic N) is 3. The lowest BCUT2D eigenvalue weighted by Gasteiger charge is -2.00. The van der Waals surface area contributed by atoms with E-state index in [0.717, 1.165) is 0 Å². The van der Waals surface area contributed by atoms with Crippen LogP contribution in [0.3, 0.4) is 0 Å². The van der Waals surface area contributed by atoms with E-state index >= 15 is 0 Å². The first kappa shape index (κ1) is 14.2. The topological polar surface area (TPSA) is 65.7 Å². The molecule has 1 heterocycles. The predicted octanol–water partition coefficient (Wildman–Crippen LogP) is 2.33. The van der Waals surface area contributed by atoms with Gasteiger partial charge in [0.1, 0.15) is 15.9 Å². The summed E-state index contributed by atoms with van der Waals surface area (Å²) < 4.78 is 4.95. The maximum Gasteiger partial charge on any atom is 0.348 e. The molecule has 0 N–H and O–H groups in total. The number of aliphatic imine (C=N–C) groups is 1. The molecule has 0 unspecified atom stereocenters. The van der Waals surface area contributed by atoms with E-state index < -0.39 is 5.97 Å². The van der Waals surface area contributed by atoms with E-state index in [2.05, 4.69) is 11.1 Å². The van der Waals surface area contributed by atoms with Crippen molar-refractivity contribution in [2.75, 3.05) is 20.7 Å². The highest BCUT2D eigenvalue weighted by atomic mass is 32.1. The minimum absolute atomic E-state index is 0.314. The van der Waals surface area contributed by atoms with Crippen LogP contribution in [0.25, 0.3) is 0 Å². The van der Waals surface area contributed by atoms with Crippen molar-refractivity contribution < 1.29 is 9.53 Å². The Bertz CT molecular complexity index is 512. The molecule has 0 radical (unpaired) electrons. The number of nitriles is 1. The third-order valence-corrected chi connectivity index (χ3v) is 3.29. The molecule has 0 aliphatic carbocycles. The van der Waals surface area contributed by atoms with Crippen molar-refractivity contribution in [1.29, 1.82) is 5.26 Å². The van der Waals surface area contributed by atoms with Crippen molar-refractivity contribution in [3.8, 4) is 6.07 Å². The molecule has 18 heavy (non-hydrogen) atoms. The summed E-state index contributed by atoms with van der Waals surface area (Å²) in [4.78, 5) is 18.1. The number of hydrogen-bond donors (Lipinski definition) is 0. The van der Waals surface area contributed by atoms with E-state index in [1.165, 1.54) is 11.3 Å². The molecule has 6 heteroatoms. The normalized spacial score (nSPS) is 10.4. The second-order valence-corrected chi connectivity index (χ2v) is 4.78. The molecule has 5 nitrogen and oxygen atoms in total. The zero-order valence-electron chi connectivity index (χ0n) is 10.9. The second-order valence-electron chi connectivity index (χ2n) is 3.78. The van der Waals surface area contributed by atoms with Gasteiger partial charge in [-0.3, -0.25) is 0 Å². The second kappa shape index (κ2) is 6.17. The molecule has 0 atom stereocenters. The van der Waals surface area contributed by atoms with Crippen molar-refractivity contribution in [2.45, 2.75) is 13.8 Å². The lowest BCUT2D eigenvalue weighted by Crippen LogP contribution is -2.06. The average Bonchev–Trinajstić information content (AvgIpc) is 2.63. The minimum Gasteiger partial charge on any atom is -0.462 e. The van der Waals surface area contributed by atoms with Gasteiger partial charge in [-0.05, 0) is 19.4 Å². The van der Waals surface area contributed by atoms with Gasteiger partial charge >= 0.3 is 5.97 Å². The lowest BCUT2D eigenvalue weighted by molar-refractivity contribution is 0.0531. The Morgan fingerprint density at radius 2 is 2.28 bits per heavy atom. The van der Waals surface area contributed by atoms with E-state index in [1.54, 1.807) is 25.1 Å². The van der Waals surface area contributed by atoms with Crippen LogP contribution in [0.4, 0.5) is 5.00 Å². The molecular weight excluding hydrogens is 250 g/mol. The minimum atomic E-state index is -0.400. The smallest absolute Gasteiger partial charge is 0.348 e. The van der Waals surface area contributed by atoms with Gasteiger partial charge in [0.2, 0.25) is 0 Å². The summed E-state index contributed by atoms with van der Waals surface area (Å²) in [7, 11) is 3.67. The molecule has 0 saturated carbocycles. The number of esters is 1. The largest absolute Gasteiger partial charge is 0.462 e. The van der Waals surface area contributed by atoms with Gasteiger partial charge in [0.25, 0.3) is 0 Å². The Kier molecular flexibility index (Phi) is 4.86. The summed E-state index contributed by atoms with van der Waals surface area (Å²) in [6, 6.07) is 2.08. The molecule has 0 bridgehead atoms. The first-order chi connectivity index (χ1) is 8.51. The molecule has 1 aromatic heterocycles. The third kappa shape index (κ3) is 3.08. The number of hydrogen-bond acceptors (Lipinski definition) is 5. The van der Waals surface area contributed by atoms with Gasteiger partial charge in [0.15, 0.2) is 0 Å². The molecule has 0 spiro atoms. The van der Waals surface area contributed by atoms with Crippen molar-refractivity contribution in [3.05, 3.63) is 16.0 Å². The molecule has 0 saturated heterocycles. The zero-order valence-corrected chi connectivity index (χ0v) is 11.7. The Morgan fingerprint density at radius 3 is 2.78 bits per heavy atom. The maximum absolute atomic E-state index is 11.7. The Labute approximate surface area is 110 Å². The first-order valence-corrected chi connectivity index (χ1v) is 6.24. The Morgan fingerprint density at radius 1 is 1.61 bits per heavy atom. The van der Waals surface area contributed by atoms with Gasteiger partial charge in [-0.15, -0.1) is 11.3 Å². The van der Waals surface area contributed by atoms with Crippen LogP contribution in [0.5, 0.6) is 0 Å². The molecule has 0 amide bonds. The van der Waals surface area contributed by atoms with Crippen molar-refractivity contribution in [2.24, 2.45) is 4.99 Å². The summed E-state index contributed by atoms with van der Waals surface area (Å²) in [5.74, 6) is -0.400. The number of carbonyl (C=O) groups is 1. The van der Waals surface area contributed by atoms with Crippen LogP contribution in [-0.4, -0.2) is 37.9 Å². The molecule has 96 valence electrons. The number of ether oxygens (including phenoxy) is 1. The fourth-order valence-electron chi connectivity index (χ4n) is 1.28. The maximum atomic E-state index is 11.7. The summed E-state index contributed by atoms with van der Waals surface area (Å²) in [6.07, 6.45) is 1.60. The van der Waals surface area contributed by atoms with Crippen LogP contribution in [0.15, 0.2) is 4.99 Å². The van der Waals surface area contributed by atoms with Crippen LogP contribution in [0.1, 0.15) is 27.7 Å². The number of rotatable bonds is 4. The summed E-state index contributed by atoms with van der Waals surface area (Å²) in [6.45, 7) is 3.79. The Hall–Kier alpha value is -1.87. The van der Waals surface area contributed by atoms with Crippen LogP contribution in [0, 0.1) is 18.3 Å². The van der Waals surface area contributed by atoms with Crippen molar-refractivity contribution >= 4 is 28.6 Å². The van der Waals surface area contributed by atoms with Gasteiger partial charge in [-0.1, -0.05) is 0 Å². The highest BCUT2D eigenvalue weighted by molar-refractivity contribution is 7.18. The van der Waals surface area contributed by atoms with E-state index in [-0.39, 0.29) is 0 Å². The number of thiophene rings is 1. The van der Waals surface area contributed by atoms with E-state index in [9.17, 15) is 4.79 Å². The van der Waals surface area contributed by atoms with Gasteiger partial charge < -0.3 is 9.64 Å². The zero-order chi connectivity index (χ0) is 13.7. The van der Waals surface area contributed by atoms with Gasteiger partial charge in [-0.2, -0.15) is 5.26 Å². The summed E-state index contributed by atoms with van der Waals surface area (Å²) in [5, 5.41) is 9.64. The first-order valence-electron chi connectivity index (χ1n) is 5.42. The highest BCUT2D eigenvalue weighted by Gasteiger charge is 2.20. The monoisotopic (exact) mass is 265 g/mol. The standard InChI is InChI=1S/C12H15N3O2S/c1-5-17-12(16)10-8(2)9(6-13)11(18-10)14-7-15(3)4/h7H,5H2,1-4H3. The number of carbonyl (C=O) groups excluding carboxylic acids is 1. The van der Waals surface area contributed by atoms with Crippen LogP contribution < -0.4 is 0 Å². The van der Waals surface area contributed by atoms with Crippen LogP contribution in [0.2, 0.25) is 0 Å². The van der Waals surface area contributed by atoms with Crippen molar-refractivity contribution in [1.82, 2.24) is 4.90 Å². The highest BCUT2D eigenvalue weighted by Crippen LogP contribution is 2.35. The fourth-order valence-corrected chi connectivity index (χ4v) is 2.27. The lowest BCUT2D eigenvalue weighted by atomic mass is 10.2. The van der Waals surface area contributed by atoms with E-state index in [4.69, 9.17) is 10.00 Å². The molecule has 0 fully saturated rings. The fraction of sp³-hybridized carbons (Fsp3) is 0.417. The van der Waals surface area contributed by atoms with E-state index in [0.29, 0.717) is 27.6 Å². The molecule has 0 aromatic carbocycles. The SMILES string of the molecule is CCOC(=O)c1sc(N=CN(C)C)c(C#N)c1C. The van der Waals surface area contributed by atoms with Crippen molar-refractivity contribution in [3.63, 3.8) is 0 Å². The van der Waals surface area contributed by atoms with Crippen LogP contribution >= 0.6 is 11.3 Å². The average molecular weight is 265 g/mol. The summed E-state index contributed by atoms with van der Waals surface area (Å²) in [5.41, 5.74) is 1.06. The van der Waals surface area contributed by atoms with Gasteiger partial charge in [-0.25, -0.2) is 9.79 Å². The van der Waals surface area contributed by atoms with Crippen LogP contribution in [-0.2, 0) is 4.74 Å². The third-order valence-electron chi connectivity index (χ3n) is 2.11. The quantitative estimate of drug-likeness (QED) is 0.476. The predicted molar refractivity (Wildman–Crippen MR) is 71.6 cm³/mol. The molecule has 1 aromatic rings.